The van der Waals surface area contributed by atoms with Gasteiger partial charge in [-0.2, -0.15) is 0 Å². The molecule has 1 fully saturated rings. The SMILES string of the molecule is CC(C)c1ccccc1C1(C(=O)O)CCN(C(=O)OC(C)(C)C)C(=O)C1. The van der Waals surface area contributed by atoms with E-state index in [1.54, 1.807) is 32.9 Å². The van der Waals surface area contributed by atoms with Gasteiger partial charge in [-0.05, 0) is 44.2 Å². The molecule has 1 aromatic carbocycles. The number of aliphatic carboxylic acids is 1. The summed E-state index contributed by atoms with van der Waals surface area (Å²) in [6.45, 7) is 9.17. The van der Waals surface area contributed by atoms with Gasteiger partial charge in [0.1, 0.15) is 11.0 Å². The van der Waals surface area contributed by atoms with Crippen LogP contribution in [0.15, 0.2) is 24.3 Å². The number of piperidine rings is 1. The van der Waals surface area contributed by atoms with E-state index in [9.17, 15) is 19.5 Å². The third-order valence-electron chi connectivity index (χ3n) is 4.64. The summed E-state index contributed by atoms with van der Waals surface area (Å²) >= 11 is 0. The van der Waals surface area contributed by atoms with Crippen LogP contribution < -0.4 is 0 Å². The van der Waals surface area contributed by atoms with Crippen LogP contribution in [0.4, 0.5) is 4.79 Å². The van der Waals surface area contributed by atoms with E-state index in [2.05, 4.69) is 0 Å². The van der Waals surface area contributed by atoms with Gasteiger partial charge in [0.05, 0.1) is 0 Å². The molecule has 1 aliphatic heterocycles. The molecule has 6 heteroatoms. The molecule has 1 unspecified atom stereocenters. The zero-order valence-electron chi connectivity index (χ0n) is 16.0. The second-order valence-corrected chi connectivity index (χ2v) is 8.08. The number of carbonyl (C=O) groups is 3. The number of nitrogens with zero attached hydrogens (tertiary/aromatic N) is 1. The Morgan fingerprint density at radius 2 is 1.85 bits per heavy atom. The van der Waals surface area contributed by atoms with Crippen molar-refractivity contribution in [1.82, 2.24) is 4.90 Å². The van der Waals surface area contributed by atoms with E-state index in [-0.39, 0.29) is 25.3 Å². The van der Waals surface area contributed by atoms with Gasteiger partial charge in [0.15, 0.2) is 0 Å². The van der Waals surface area contributed by atoms with Gasteiger partial charge in [0.2, 0.25) is 5.91 Å². The van der Waals surface area contributed by atoms with E-state index in [4.69, 9.17) is 4.74 Å². The number of imide groups is 1. The second-order valence-electron chi connectivity index (χ2n) is 8.08. The summed E-state index contributed by atoms with van der Waals surface area (Å²) in [6.07, 6.45) is -0.818. The van der Waals surface area contributed by atoms with Crippen LogP contribution in [-0.4, -0.2) is 40.1 Å². The van der Waals surface area contributed by atoms with Crippen LogP contribution in [0.25, 0.3) is 0 Å². The zero-order chi connectivity index (χ0) is 19.7. The molecule has 1 aliphatic rings. The first-order valence-corrected chi connectivity index (χ1v) is 8.84. The van der Waals surface area contributed by atoms with Gasteiger partial charge in [0.25, 0.3) is 0 Å². The molecule has 0 bridgehead atoms. The Balaban J connectivity index is 2.36. The van der Waals surface area contributed by atoms with E-state index >= 15 is 0 Å². The Morgan fingerprint density at radius 3 is 2.35 bits per heavy atom. The lowest BCUT2D eigenvalue weighted by Gasteiger charge is -2.39. The highest BCUT2D eigenvalue weighted by molar-refractivity contribution is 5.98. The van der Waals surface area contributed by atoms with Crippen molar-refractivity contribution in [1.29, 1.82) is 0 Å². The van der Waals surface area contributed by atoms with Gasteiger partial charge in [-0.1, -0.05) is 38.1 Å². The lowest BCUT2D eigenvalue weighted by Crippen LogP contribution is -2.53. The molecule has 1 N–H and O–H groups in total. The van der Waals surface area contributed by atoms with Crippen molar-refractivity contribution in [3.8, 4) is 0 Å². The minimum atomic E-state index is -1.32. The molecule has 142 valence electrons. The van der Waals surface area contributed by atoms with E-state index in [0.717, 1.165) is 10.5 Å². The monoisotopic (exact) mass is 361 g/mol. The summed E-state index contributed by atoms with van der Waals surface area (Å²) < 4.78 is 5.26. The first kappa shape index (κ1) is 19.9. The standard InChI is InChI=1S/C20H27NO5/c1-13(2)14-8-6-7-9-15(14)20(17(23)24)10-11-21(16(22)12-20)18(25)26-19(3,4)5/h6-9,13H,10-12H2,1-5H3,(H,23,24). The maximum Gasteiger partial charge on any atom is 0.417 e. The van der Waals surface area contributed by atoms with E-state index in [1.165, 1.54) is 0 Å². The van der Waals surface area contributed by atoms with Crippen LogP contribution in [0.2, 0.25) is 0 Å². The Kier molecular flexibility index (Phi) is 5.44. The molecule has 2 amide bonds. The Hall–Kier alpha value is -2.37. The number of rotatable bonds is 3. The summed E-state index contributed by atoms with van der Waals surface area (Å²) in [5.74, 6) is -1.43. The topological polar surface area (TPSA) is 83.9 Å². The van der Waals surface area contributed by atoms with Gasteiger partial charge in [-0.15, -0.1) is 0 Å². The minimum absolute atomic E-state index is 0.0203. The Morgan fingerprint density at radius 1 is 1.23 bits per heavy atom. The molecule has 1 atom stereocenters. The lowest BCUT2D eigenvalue weighted by molar-refractivity contribution is -0.151. The third kappa shape index (κ3) is 3.89. The quantitative estimate of drug-likeness (QED) is 0.887. The number of carbonyl (C=O) groups excluding carboxylic acids is 2. The maximum absolute atomic E-state index is 12.7. The normalized spacial score (nSPS) is 21.0. The third-order valence-corrected chi connectivity index (χ3v) is 4.64. The first-order chi connectivity index (χ1) is 12.0. The molecule has 1 heterocycles. The zero-order valence-corrected chi connectivity index (χ0v) is 16.0. The fourth-order valence-corrected chi connectivity index (χ4v) is 3.34. The molecule has 0 aliphatic carbocycles. The number of hydrogen-bond acceptors (Lipinski definition) is 4. The summed E-state index contributed by atoms with van der Waals surface area (Å²) in [5.41, 5.74) is -0.479. The summed E-state index contributed by atoms with van der Waals surface area (Å²) in [6, 6.07) is 7.33. The van der Waals surface area contributed by atoms with Gasteiger partial charge >= 0.3 is 12.1 Å². The molecule has 26 heavy (non-hydrogen) atoms. The van der Waals surface area contributed by atoms with Crippen LogP contribution in [0.1, 0.15) is 64.5 Å². The van der Waals surface area contributed by atoms with Crippen molar-refractivity contribution >= 4 is 18.0 Å². The first-order valence-electron chi connectivity index (χ1n) is 8.84. The minimum Gasteiger partial charge on any atom is -0.481 e. The van der Waals surface area contributed by atoms with E-state index in [1.807, 2.05) is 26.0 Å². The van der Waals surface area contributed by atoms with Gasteiger partial charge < -0.3 is 9.84 Å². The summed E-state index contributed by atoms with van der Waals surface area (Å²) in [5, 5.41) is 9.99. The van der Waals surface area contributed by atoms with E-state index in [0.29, 0.717) is 5.56 Å². The molecule has 0 saturated carbocycles. The van der Waals surface area contributed by atoms with Crippen LogP contribution in [0.3, 0.4) is 0 Å². The van der Waals surface area contributed by atoms with Crippen molar-refractivity contribution in [3.63, 3.8) is 0 Å². The lowest BCUT2D eigenvalue weighted by atomic mass is 9.69. The maximum atomic E-state index is 12.7. The second kappa shape index (κ2) is 7.09. The largest absolute Gasteiger partial charge is 0.481 e. The number of carboxylic acid groups (broad SMARTS) is 1. The van der Waals surface area contributed by atoms with E-state index < -0.39 is 29.0 Å². The number of hydrogen-bond donors (Lipinski definition) is 1. The Labute approximate surface area is 154 Å². The van der Waals surface area contributed by atoms with Crippen molar-refractivity contribution in [2.24, 2.45) is 0 Å². The molecule has 1 saturated heterocycles. The molecule has 0 spiro atoms. The summed E-state index contributed by atoms with van der Waals surface area (Å²) in [4.78, 5) is 38.1. The van der Waals surface area contributed by atoms with Crippen molar-refractivity contribution in [2.45, 2.75) is 64.4 Å². The number of likely N-dealkylation sites (tertiary alicyclic amines) is 1. The molecule has 0 aromatic heterocycles. The fraction of sp³-hybridized carbons (Fsp3) is 0.550. The molecule has 0 radical (unpaired) electrons. The highest BCUT2D eigenvalue weighted by Gasteiger charge is 2.49. The average Bonchev–Trinajstić information content (AvgIpc) is 2.52. The van der Waals surface area contributed by atoms with Crippen molar-refractivity contribution in [3.05, 3.63) is 35.4 Å². The fourth-order valence-electron chi connectivity index (χ4n) is 3.34. The smallest absolute Gasteiger partial charge is 0.417 e. The van der Waals surface area contributed by atoms with Gasteiger partial charge in [-0.25, -0.2) is 9.69 Å². The molecule has 2 rings (SSSR count). The molecule has 1 aromatic rings. The average molecular weight is 361 g/mol. The highest BCUT2D eigenvalue weighted by atomic mass is 16.6. The van der Waals surface area contributed by atoms with Crippen molar-refractivity contribution < 1.29 is 24.2 Å². The van der Waals surface area contributed by atoms with Crippen molar-refractivity contribution in [2.75, 3.05) is 6.54 Å². The number of benzene rings is 1. The number of ether oxygens (including phenoxy) is 1. The van der Waals surface area contributed by atoms with Crippen LogP contribution in [-0.2, 0) is 19.7 Å². The van der Waals surface area contributed by atoms with Gasteiger partial charge in [0, 0.05) is 13.0 Å². The molecular weight excluding hydrogens is 334 g/mol. The summed E-state index contributed by atoms with van der Waals surface area (Å²) in [7, 11) is 0. The van der Waals surface area contributed by atoms with Crippen LogP contribution in [0.5, 0.6) is 0 Å². The number of carboxylic acids is 1. The Bertz CT molecular complexity index is 719. The highest BCUT2D eigenvalue weighted by Crippen LogP contribution is 2.40. The van der Waals surface area contributed by atoms with Crippen LogP contribution >= 0.6 is 0 Å². The van der Waals surface area contributed by atoms with Gasteiger partial charge in [-0.3, -0.25) is 9.59 Å². The molecular formula is C20H27NO5. The predicted molar refractivity (Wildman–Crippen MR) is 97.0 cm³/mol. The van der Waals surface area contributed by atoms with Crippen LogP contribution in [0, 0.1) is 0 Å². The molecule has 6 nitrogen and oxygen atoms in total. The number of amides is 2. The predicted octanol–water partition coefficient (Wildman–Crippen LogP) is 3.69.